The average molecular weight is 541 g/mol. The van der Waals surface area contributed by atoms with Gasteiger partial charge in [-0.15, -0.1) is 0 Å². The van der Waals surface area contributed by atoms with Gasteiger partial charge in [0.05, 0.1) is 41.4 Å². The van der Waals surface area contributed by atoms with Crippen molar-refractivity contribution in [3.8, 4) is 0 Å². The number of imidazole rings is 1. The van der Waals surface area contributed by atoms with E-state index in [0.29, 0.717) is 28.2 Å². The van der Waals surface area contributed by atoms with Crippen molar-refractivity contribution in [1.82, 2.24) is 24.8 Å². The molecule has 0 aliphatic carbocycles. The lowest BCUT2D eigenvalue weighted by atomic mass is 9.99. The predicted molar refractivity (Wildman–Crippen MR) is 148 cm³/mol. The van der Waals surface area contributed by atoms with E-state index >= 15 is 0 Å². The number of aromatic amines is 1. The van der Waals surface area contributed by atoms with Crippen molar-refractivity contribution in [2.45, 2.75) is 26.3 Å². The molecule has 1 saturated heterocycles. The van der Waals surface area contributed by atoms with Gasteiger partial charge < -0.3 is 15.6 Å². The van der Waals surface area contributed by atoms with Crippen LogP contribution in [0.15, 0.2) is 48.7 Å². The molecule has 1 aliphatic rings. The van der Waals surface area contributed by atoms with Gasteiger partial charge >= 0.3 is 0 Å². The lowest BCUT2D eigenvalue weighted by Crippen LogP contribution is -2.32. The SMILES string of the molecule is CC1CCN(Cc2nc3ccc(Nc4ncc(Cl)c(Nc5ccccc5NS(C)(=O)=O)n4)cc3[nH]2)CC1. The highest BCUT2D eigenvalue weighted by Gasteiger charge is 2.17. The van der Waals surface area contributed by atoms with Crippen LogP contribution in [-0.2, 0) is 16.6 Å². The van der Waals surface area contributed by atoms with Gasteiger partial charge in [0.1, 0.15) is 10.8 Å². The van der Waals surface area contributed by atoms with E-state index in [1.165, 1.54) is 19.0 Å². The molecule has 37 heavy (non-hydrogen) atoms. The number of H-pyrrole nitrogens is 1. The minimum Gasteiger partial charge on any atom is -0.341 e. The van der Waals surface area contributed by atoms with Crippen LogP contribution < -0.4 is 15.4 Å². The lowest BCUT2D eigenvalue weighted by molar-refractivity contribution is 0.182. The number of nitrogens with zero attached hydrogens (tertiary/aromatic N) is 4. The summed E-state index contributed by atoms with van der Waals surface area (Å²) in [5.74, 6) is 2.42. The topological polar surface area (TPSA) is 128 Å². The monoisotopic (exact) mass is 540 g/mol. The molecule has 0 spiro atoms. The first-order valence-electron chi connectivity index (χ1n) is 12.1. The second-order valence-electron chi connectivity index (χ2n) is 9.43. The Kier molecular flexibility index (Phi) is 7.18. The molecular formula is C25H29ClN8O2S. The normalized spacial score (nSPS) is 15.1. The van der Waals surface area contributed by atoms with Gasteiger partial charge in [0.2, 0.25) is 16.0 Å². The zero-order valence-electron chi connectivity index (χ0n) is 20.6. The molecule has 0 unspecified atom stereocenters. The van der Waals surface area contributed by atoms with Gasteiger partial charge in [-0.1, -0.05) is 30.7 Å². The van der Waals surface area contributed by atoms with Crippen LogP contribution in [0.25, 0.3) is 11.0 Å². The molecule has 0 radical (unpaired) electrons. The number of fused-ring (bicyclic) bond motifs is 1. The van der Waals surface area contributed by atoms with Crippen molar-refractivity contribution in [3.63, 3.8) is 0 Å². The molecule has 2 aromatic carbocycles. The van der Waals surface area contributed by atoms with Gasteiger partial charge in [-0.3, -0.25) is 9.62 Å². The Morgan fingerprint density at radius 1 is 1.08 bits per heavy atom. The van der Waals surface area contributed by atoms with E-state index in [-0.39, 0.29) is 0 Å². The molecule has 0 amide bonds. The number of hydrogen-bond donors (Lipinski definition) is 4. The molecule has 1 fully saturated rings. The summed E-state index contributed by atoms with van der Waals surface area (Å²) in [5.41, 5.74) is 3.52. The predicted octanol–water partition coefficient (Wildman–Crippen LogP) is 5.10. The number of piperidine rings is 1. The summed E-state index contributed by atoms with van der Waals surface area (Å²) in [4.78, 5) is 19.4. The maximum absolute atomic E-state index is 11.7. The number of anilines is 5. The van der Waals surface area contributed by atoms with Gasteiger partial charge in [0.15, 0.2) is 5.82 Å². The van der Waals surface area contributed by atoms with Crippen LogP contribution in [-0.4, -0.2) is 52.6 Å². The van der Waals surface area contributed by atoms with E-state index < -0.39 is 10.0 Å². The number of halogens is 1. The van der Waals surface area contributed by atoms with Crippen molar-refractivity contribution in [1.29, 1.82) is 0 Å². The third-order valence-electron chi connectivity index (χ3n) is 6.26. The van der Waals surface area contributed by atoms with Crippen LogP contribution in [0.2, 0.25) is 5.02 Å². The Bertz CT molecular complexity index is 1520. The zero-order valence-corrected chi connectivity index (χ0v) is 22.2. The molecular weight excluding hydrogens is 512 g/mol. The Balaban J connectivity index is 1.31. The Hall–Kier alpha value is -3.41. The van der Waals surface area contributed by atoms with E-state index in [2.05, 4.69) is 42.1 Å². The smallest absolute Gasteiger partial charge is 0.229 e. The van der Waals surface area contributed by atoms with Crippen LogP contribution in [0.3, 0.4) is 0 Å². The molecule has 0 saturated carbocycles. The van der Waals surface area contributed by atoms with Crippen molar-refractivity contribution < 1.29 is 8.42 Å². The van der Waals surface area contributed by atoms with Crippen molar-refractivity contribution in [2.75, 3.05) is 34.7 Å². The summed E-state index contributed by atoms with van der Waals surface area (Å²) in [6.45, 7) is 5.33. The summed E-state index contributed by atoms with van der Waals surface area (Å²) >= 11 is 6.33. The molecule has 4 N–H and O–H groups in total. The molecule has 1 aliphatic heterocycles. The summed E-state index contributed by atoms with van der Waals surface area (Å²) < 4.78 is 25.9. The number of para-hydroxylation sites is 2. The second-order valence-corrected chi connectivity index (χ2v) is 11.6. The van der Waals surface area contributed by atoms with E-state index in [4.69, 9.17) is 16.6 Å². The molecule has 10 nitrogen and oxygen atoms in total. The largest absolute Gasteiger partial charge is 0.341 e. The molecule has 2 aromatic heterocycles. The Morgan fingerprint density at radius 2 is 1.84 bits per heavy atom. The number of sulfonamides is 1. The second kappa shape index (κ2) is 10.5. The third kappa shape index (κ3) is 6.48. The minimum absolute atomic E-state index is 0.292. The van der Waals surface area contributed by atoms with Gasteiger partial charge in [0, 0.05) is 5.69 Å². The first-order chi connectivity index (χ1) is 17.7. The van der Waals surface area contributed by atoms with Crippen LogP contribution in [0.5, 0.6) is 0 Å². The standard InChI is InChI=1S/C25H29ClN8O2S/c1-16-9-11-34(12-10-16)15-23-29-20-8-7-17(13-22(20)30-23)28-25-27-14-18(26)24(32-25)31-19-5-3-4-6-21(19)33-37(2,35)36/h3-8,13-14,16,33H,9-12,15H2,1-2H3,(H,29,30)(H2,27,28,31,32). The summed E-state index contributed by atoms with van der Waals surface area (Å²) in [6.07, 6.45) is 5.03. The Labute approximate surface area is 220 Å². The molecule has 194 valence electrons. The third-order valence-corrected chi connectivity index (χ3v) is 7.12. The van der Waals surface area contributed by atoms with Crippen LogP contribution in [0.1, 0.15) is 25.6 Å². The first-order valence-corrected chi connectivity index (χ1v) is 14.3. The highest BCUT2D eigenvalue weighted by Crippen LogP contribution is 2.30. The highest BCUT2D eigenvalue weighted by atomic mass is 35.5. The number of rotatable bonds is 8. The molecule has 4 aromatic rings. The molecule has 5 rings (SSSR count). The van der Waals surface area contributed by atoms with Crippen LogP contribution in [0, 0.1) is 5.92 Å². The van der Waals surface area contributed by atoms with Gasteiger partial charge in [-0.05, 0) is 62.2 Å². The number of hydrogen-bond acceptors (Lipinski definition) is 8. The van der Waals surface area contributed by atoms with Crippen molar-refractivity contribution in [2.24, 2.45) is 5.92 Å². The summed E-state index contributed by atoms with van der Waals surface area (Å²) in [6, 6.07) is 12.7. The van der Waals surface area contributed by atoms with Crippen LogP contribution in [0.4, 0.5) is 28.8 Å². The number of likely N-dealkylation sites (tertiary alicyclic amines) is 1. The van der Waals surface area contributed by atoms with Gasteiger partial charge in [-0.25, -0.2) is 18.4 Å². The van der Waals surface area contributed by atoms with E-state index in [0.717, 1.165) is 54.4 Å². The molecule has 3 heterocycles. The van der Waals surface area contributed by atoms with Crippen LogP contribution >= 0.6 is 11.6 Å². The fourth-order valence-corrected chi connectivity index (χ4v) is 5.02. The summed E-state index contributed by atoms with van der Waals surface area (Å²) in [7, 11) is -3.46. The fraction of sp³-hybridized carbons (Fsp3) is 0.320. The Morgan fingerprint density at radius 3 is 2.59 bits per heavy atom. The maximum atomic E-state index is 11.7. The quantitative estimate of drug-likeness (QED) is 0.243. The molecule has 0 atom stereocenters. The van der Waals surface area contributed by atoms with E-state index in [1.54, 1.807) is 24.3 Å². The fourth-order valence-electron chi connectivity index (χ4n) is 4.30. The minimum atomic E-state index is -3.46. The van der Waals surface area contributed by atoms with Gasteiger partial charge in [0.25, 0.3) is 0 Å². The average Bonchev–Trinajstić information content (AvgIpc) is 3.24. The van der Waals surface area contributed by atoms with Crippen molar-refractivity contribution in [3.05, 3.63) is 59.5 Å². The van der Waals surface area contributed by atoms with E-state index in [1.807, 2.05) is 18.2 Å². The first kappa shape index (κ1) is 25.2. The zero-order chi connectivity index (χ0) is 26.0. The van der Waals surface area contributed by atoms with E-state index in [9.17, 15) is 8.42 Å². The molecule has 0 bridgehead atoms. The maximum Gasteiger partial charge on any atom is 0.229 e. The number of benzene rings is 2. The molecule has 12 heteroatoms. The highest BCUT2D eigenvalue weighted by molar-refractivity contribution is 7.92. The van der Waals surface area contributed by atoms with Gasteiger partial charge in [-0.2, -0.15) is 4.98 Å². The lowest BCUT2D eigenvalue weighted by Gasteiger charge is -2.29. The number of nitrogens with one attached hydrogen (secondary N) is 4. The summed E-state index contributed by atoms with van der Waals surface area (Å²) in [5, 5.41) is 6.59. The number of aromatic nitrogens is 4. The van der Waals surface area contributed by atoms with Crippen molar-refractivity contribution >= 4 is 61.5 Å².